The third kappa shape index (κ3) is 3.26. The number of ether oxygens (including phenoxy) is 1. The van der Waals surface area contributed by atoms with E-state index in [-0.39, 0.29) is 0 Å². The van der Waals surface area contributed by atoms with Gasteiger partial charge in [0.25, 0.3) is 0 Å². The van der Waals surface area contributed by atoms with Crippen LogP contribution in [0.1, 0.15) is 43.7 Å². The molecule has 2 nitrogen and oxygen atoms in total. The standard InChI is InChI=1S/C16H25NO/c1-4-17-14-8-6-9-15(11-14)18-16-10-5-7-12(2)13(16)3/h5,7,10,14-15,17H,4,6,8-9,11H2,1-3H3. The highest BCUT2D eigenvalue weighted by Gasteiger charge is 2.23. The topological polar surface area (TPSA) is 21.3 Å². The van der Waals surface area contributed by atoms with E-state index in [0.29, 0.717) is 12.1 Å². The molecule has 0 amide bonds. The Kier molecular flexibility index (Phi) is 4.65. The lowest BCUT2D eigenvalue weighted by atomic mass is 9.92. The predicted molar refractivity (Wildman–Crippen MR) is 76.3 cm³/mol. The van der Waals surface area contributed by atoms with Crippen molar-refractivity contribution in [1.29, 1.82) is 0 Å². The summed E-state index contributed by atoms with van der Waals surface area (Å²) in [6.45, 7) is 7.52. The van der Waals surface area contributed by atoms with Crippen LogP contribution in [0.4, 0.5) is 0 Å². The van der Waals surface area contributed by atoms with Crippen LogP contribution in [0, 0.1) is 13.8 Å². The van der Waals surface area contributed by atoms with Crippen LogP contribution in [0.25, 0.3) is 0 Å². The van der Waals surface area contributed by atoms with E-state index in [1.165, 1.54) is 30.4 Å². The van der Waals surface area contributed by atoms with Crippen molar-refractivity contribution in [3.8, 4) is 5.75 Å². The maximum Gasteiger partial charge on any atom is 0.122 e. The van der Waals surface area contributed by atoms with Gasteiger partial charge < -0.3 is 10.1 Å². The minimum Gasteiger partial charge on any atom is -0.490 e. The minimum atomic E-state index is 0.378. The summed E-state index contributed by atoms with van der Waals surface area (Å²) in [5.74, 6) is 1.07. The molecule has 18 heavy (non-hydrogen) atoms. The molecule has 0 heterocycles. The number of benzene rings is 1. The highest BCUT2D eigenvalue weighted by molar-refractivity contribution is 5.38. The fourth-order valence-corrected chi connectivity index (χ4v) is 2.76. The lowest BCUT2D eigenvalue weighted by Gasteiger charge is -2.30. The number of aryl methyl sites for hydroxylation is 1. The molecule has 0 saturated heterocycles. The zero-order chi connectivity index (χ0) is 13.0. The molecular formula is C16H25NO. The fraction of sp³-hybridized carbons (Fsp3) is 0.625. The van der Waals surface area contributed by atoms with Gasteiger partial charge in [0.15, 0.2) is 0 Å². The molecule has 1 aliphatic carbocycles. The second-order valence-corrected chi connectivity index (χ2v) is 5.36. The minimum absolute atomic E-state index is 0.378. The van der Waals surface area contributed by atoms with Crippen LogP contribution in [-0.2, 0) is 0 Å². The molecule has 2 rings (SSSR count). The van der Waals surface area contributed by atoms with Crippen molar-refractivity contribution in [3.05, 3.63) is 29.3 Å². The Morgan fingerprint density at radius 3 is 2.89 bits per heavy atom. The molecule has 1 saturated carbocycles. The highest BCUT2D eigenvalue weighted by atomic mass is 16.5. The Bertz CT molecular complexity index is 387. The van der Waals surface area contributed by atoms with E-state index in [9.17, 15) is 0 Å². The van der Waals surface area contributed by atoms with E-state index in [2.05, 4.69) is 44.3 Å². The molecule has 0 spiro atoms. The Morgan fingerprint density at radius 1 is 1.28 bits per heavy atom. The molecule has 1 aromatic rings. The van der Waals surface area contributed by atoms with Crippen LogP contribution in [0.15, 0.2) is 18.2 Å². The Balaban J connectivity index is 1.98. The van der Waals surface area contributed by atoms with E-state index in [1.807, 2.05) is 0 Å². The van der Waals surface area contributed by atoms with Crippen molar-refractivity contribution < 1.29 is 4.74 Å². The number of nitrogens with one attached hydrogen (secondary N) is 1. The Hall–Kier alpha value is -1.02. The van der Waals surface area contributed by atoms with Gasteiger partial charge in [0.2, 0.25) is 0 Å². The molecule has 0 aromatic heterocycles. The zero-order valence-corrected chi connectivity index (χ0v) is 11.8. The van der Waals surface area contributed by atoms with Gasteiger partial charge in [-0.1, -0.05) is 19.1 Å². The summed E-state index contributed by atoms with van der Waals surface area (Å²) in [7, 11) is 0. The van der Waals surface area contributed by atoms with E-state index >= 15 is 0 Å². The summed E-state index contributed by atoms with van der Waals surface area (Å²) >= 11 is 0. The summed E-state index contributed by atoms with van der Waals surface area (Å²) in [6, 6.07) is 6.96. The Morgan fingerprint density at radius 2 is 2.11 bits per heavy atom. The first-order chi connectivity index (χ1) is 8.70. The normalized spacial score (nSPS) is 23.9. The smallest absolute Gasteiger partial charge is 0.122 e. The summed E-state index contributed by atoms with van der Waals surface area (Å²) in [6.07, 6.45) is 5.27. The predicted octanol–water partition coefficient (Wildman–Crippen LogP) is 3.60. The molecule has 2 unspecified atom stereocenters. The van der Waals surface area contributed by atoms with Crippen LogP contribution >= 0.6 is 0 Å². The number of hydrogen-bond donors (Lipinski definition) is 1. The molecule has 2 heteroatoms. The maximum atomic E-state index is 6.20. The molecule has 2 atom stereocenters. The van der Waals surface area contributed by atoms with E-state index < -0.39 is 0 Å². The highest BCUT2D eigenvalue weighted by Crippen LogP contribution is 2.27. The number of hydrogen-bond acceptors (Lipinski definition) is 2. The second kappa shape index (κ2) is 6.24. The SMILES string of the molecule is CCNC1CCCC(Oc2cccc(C)c2C)C1. The molecule has 0 bridgehead atoms. The summed E-state index contributed by atoms with van der Waals surface area (Å²) in [5, 5.41) is 3.55. The van der Waals surface area contributed by atoms with Crippen LogP contribution in [0.2, 0.25) is 0 Å². The average molecular weight is 247 g/mol. The second-order valence-electron chi connectivity index (χ2n) is 5.36. The molecular weight excluding hydrogens is 222 g/mol. The first-order valence-electron chi connectivity index (χ1n) is 7.17. The third-order valence-corrected chi connectivity index (χ3v) is 3.97. The summed E-state index contributed by atoms with van der Waals surface area (Å²) in [4.78, 5) is 0. The molecule has 100 valence electrons. The number of rotatable bonds is 4. The monoisotopic (exact) mass is 247 g/mol. The summed E-state index contributed by atoms with van der Waals surface area (Å²) in [5.41, 5.74) is 2.59. The van der Waals surface area contributed by atoms with Gasteiger partial charge in [0.1, 0.15) is 11.9 Å². The van der Waals surface area contributed by atoms with Crippen molar-refractivity contribution in [2.75, 3.05) is 6.54 Å². The fourth-order valence-electron chi connectivity index (χ4n) is 2.76. The molecule has 1 N–H and O–H groups in total. The largest absolute Gasteiger partial charge is 0.490 e. The van der Waals surface area contributed by atoms with E-state index in [4.69, 9.17) is 4.74 Å². The lowest BCUT2D eigenvalue weighted by Crippen LogP contribution is -2.38. The van der Waals surface area contributed by atoms with Crippen molar-refractivity contribution >= 4 is 0 Å². The molecule has 1 fully saturated rings. The molecule has 1 aromatic carbocycles. The van der Waals surface area contributed by atoms with Gasteiger partial charge in [-0.3, -0.25) is 0 Å². The third-order valence-electron chi connectivity index (χ3n) is 3.97. The van der Waals surface area contributed by atoms with Gasteiger partial charge in [0, 0.05) is 6.04 Å². The first kappa shape index (κ1) is 13.4. The van der Waals surface area contributed by atoms with Gasteiger partial charge in [-0.25, -0.2) is 0 Å². The molecule has 0 radical (unpaired) electrons. The average Bonchev–Trinajstić information content (AvgIpc) is 2.36. The van der Waals surface area contributed by atoms with Crippen molar-refractivity contribution in [3.63, 3.8) is 0 Å². The van der Waals surface area contributed by atoms with Crippen LogP contribution in [0.3, 0.4) is 0 Å². The first-order valence-corrected chi connectivity index (χ1v) is 7.17. The van der Waals surface area contributed by atoms with Crippen molar-refractivity contribution in [2.45, 2.75) is 58.6 Å². The van der Waals surface area contributed by atoms with Gasteiger partial charge in [-0.2, -0.15) is 0 Å². The van der Waals surface area contributed by atoms with Gasteiger partial charge in [-0.05, 0) is 63.3 Å². The van der Waals surface area contributed by atoms with Crippen molar-refractivity contribution in [1.82, 2.24) is 5.32 Å². The van der Waals surface area contributed by atoms with E-state index in [1.54, 1.807) is 0 Å². The van der Waals surface area contributed by atoms with Gasteiger partial charge in [0.05, 0.1) is 0 Å². The van der Waals surface area contributed by atoms with Gasteiger partial charge >= 0.3 is 0 Å². The molecule has 1 aliphatic rings. The summed E-state index contributed by atoms with van der Waals surface area (Å²) < 4.78 is 6.20. The lowest BCUT2D eigenvalue weighted by molar-refractivity contribution is 0.134. The Labute approximate surface area is 111 Å². The maximum absolute atomic E-state index is 6.20. The quantitative estimate of drug-likeness (QED) is 0.877. The van der Waals surface area contributed by atoms with Crippen LogP contribution in [0.5, 0.6) is 5.75 Å². The molecule has 0 aliphatic heterocycles. The van der Waals surface area contributed by atoms with E-state index in [0.717, 1.165) is 18.7 Å². The van der Waals surface area contributed by atoms with Gasteiger partial charge in [-0.15, -0.1) is 0 Å². The zero-order valence-electron chi connectivity index (χ0n) is 11.8. The van der Waals surface area contributed by atoms with Crippen LogP contribution in [-0.4, -0.2) is 18.7 Å². The van der Waals surface area contributed by atoms with Crippen molar-refractivity contribution in [2.24, 2.45) is 0 Å². The van der Waals surface area contributed by atoms with Crippen LogP contribution < -0.4 is 10.1 Å².